The summed E-state index contributed by atoms with van der Waals surface area (Å²) in [5, 5.41) is 7.43. The van der Waals surface area contributed by atoms with Gasteiger partial charge in [-0.15, -0.1) is 0 Å². The maximum Gasteiger partial charge on any atom is 0.283 e. The highest BCUT2D eigenvalue weighted by Gasteiger charge is 2.23. The number of anilines is 1. The third-order valence-electron chi connectivity index (χ3n) is 4.85. The van der Waals surface area contributed by atoms with Gasteiger partial charge in [-0.1, -0.05) is 20.8 Å². The molecule has 10 heteroatoms. The average Bonchev–Trinajstić information content (AvgIpc) is 3.19. The Labute approximate surface area is 182 Å². The van der Waals surface area contributed by atoms with E-state index in [1.807, 2.05) is 27.7 Å². The molecule has 0 saturated heterocycles. The number of ether oxygens (including phenoxy) is 1. The van der Waals surface area contributed by atoms with E-state index < -0.39 is 11.7 Å². The number of halogens is 1. The number of rotatable bonds is 5. The van der Waals surface area contributed by atoms with Crippen LogP contribution in [0.4, 0.5) is 10.2 Å². The van der Waals surface area contributed by atoms with Crippen LogP contribution in [0, 0.1) is 5.82 Å². The highest BCUT2D eigenvalue weighted by Crippen LogP contribution is 2.24. The van der Waals surface area contributed by atoms with Crippen molar-refractivity contribution in [3.05, 3.63) is 58.4 Å². The van der Waals surface area contributed by atoms with Gasteiger partial charge in [0.2, 0.25) is 11.8 Å². The first-order valence-electron chi connectivity index (χ1n) is 10.2. The number of pyridine rings is 2. The second-order valence-electron chi connectivity index (χ2n) is 8.30. The number of nitrogens with one attached hydrogen (secondary N) is 1. The Bertz CT molecular complexity index is 1370. The fourth-order valence-electron chi connectivity index (χ4n) is 3.27. The largest absolute Gasteiger partial charge is 0.478 e. The van der Waals surface area contributed by atoms with Crippen molar-refractivity contribution < 1.29 is 13.9 Å². The number of carbonyl (C=O) groups excluding carboxylic acids is 1. The van der Waals surface area contributed by atoms with Gasteiger partial charge in [0.1, 0.15) is 23.8 Å². The fraction of sp³-hybridized carbons (Fsp3) is 0.318. The van der Waals surface area contributed by atoms with Crippen LogP contribution in [-0.4, -0.2) is 36.7 Å². The maximum atomic E-state index is 13.1. The van der Waals surface area contributed by atoms with Crippen LogP contribution in [0.2, 0.25) is 0 Å². The molecule has 0 aliphatic carbocycles. The summed E-state index contributed by atoms with van der Waals surface area (Å²) in [6, 6.07) is 7.58. The van der Waals surface area contributed by atoms with Crippen LogP contribution in [-0.2, 0) is 16.8 Å². The predicted octanol–water partition coefficient (Wildman–Crippen LogP) is 2.91. The van der Waals surface area contributed by atoms with E-state index in [9.17, 15) is 14.0 Å². The van der Waals surface area contributed by atoms with Gasteiger partial charge >= 0.3 is 0 Å². The molecule has 0 saturated carbocycles. The van der Waals surface area contributed by atoms with Crippen molar-refractivity contribution in [1.29, 1.82) is 0 Å². The molecule has 0 radical (unpaired) electrons. The van der Waals surface area contributed by atoms with Gasteiger partial charge in [-0.3, -0.25) is 9.59 Å². The molecule has 1 N–H and O–H groups in total. The molecular formula is C22H23FN6O3. The Morgan fingerprint density at radius 2 is 2.00 bits per heavy atom. The quantitative estimate of drug-likeness (QED) is 0.514. The van der Waals surface area contributed by atoms with Crippen molar-refractivity contribution in [2.24, 2.45) is 0 Å². The van der Waals surface area contributed by atoms with Crippen molar-refractivity contribution >= 4 is 28.4 Å². The molecule has 166 valence electrons. The Morgan fingerprint density at radius 1 is 1.22 bits per heavy atom. The van der Waals surface area contributed by atoms with Crippen molar-refractivity contribution in [2.75, 3.05) is 11.9 Å². The summed E-state index contributed by atoms with van der Waals surface area (Å²) < 4.78 is 21.5. The van der Waals surface area contributed by atoms with Crippen LogP contribution < -0.4 is 15.6 Å². The molecule has 1 amide bonds. The molecule has 0 aliphatic heterocycles. The number of hydrogen-bond donors (Lipinski definition) is 1. The summed E-state index contributed by atoms with van der Waals surface area (Å²) in [6.45, 7) is 8.03. The van der Waals surface area contributed by atoms with Gasteiger partial charge < -0.3 is 14.6 Å². The first-order chi connectivity index (χ1) is 15.2. The molecule has 9 nitrogen and oxygen atoms in total. The average molecular weight is 438 g/mol. The molecule has 4 rings (SSSR count). The summed E-state index contributed by atoms with van der Waals surface area (Å²) in [7, 11) is 0. The van der Waals surface area contributed by atoms with Crippen molar-refractivity contribution in [3.63, 3.8) is 0 Å². The molecule has 0 fully saturated rings. The maximum absolute atomic E-state index is 13.1. The van der Waals surface area contributed by atoms with E-state index >= 15 is 0 Å². The van der Waals surface area contributed by atoms with E-state index in [1.165, 1.54) is 16.6 Å². The van der Waals surface area contributed by atoms with Gasteiger partial charge in [-0.2, -0.15) is 14.6 Å². The minimum absolute atomic E-state index is 0.169. The normalized spacial score (nSPS) is 11.8. The monoisotopic (exact) mass is 438 g/mol. The molecule has 0 bridgehead atoms. The summed E-state index contributed by atoms with van der Waals surface area (Å²) in [4.78, 5) is 34.3. The third kappa shape index (κ3) is 4.03. The lowest BCUT2D eigenvalue weighted by Gasteiger charge is -2.13. The SMILES string of the molecule is CCOc1ccc2c(=O)n3nc(C(C)(C)C)cc3n(CC(=O)Nc3ccc(F)cn3)c2n1. The molecule has 32 heavy (non-hydrogen) atoms. The second kappa shape index (κ2) is 8.03. The molecule has 0 aromatic carbocycles. The number of aromatic nitrogens is 5. The topological polar surface area (TPSA) is 103 Å². The number of amides is 1. The Morgan fingerprint density at radius 3 is 2.66 bits per heavy atom. The van der Waals surface area contributed by atoms with Gasteiger partial charge in [0.25, 0.3) is 5.56 Å². The number of hydrogen-bond acceptors (Lipinski definition) is 6. The van der Waals surface area contributed by atoms with Crippen LogP contribution in [0.25, 0.3) is 16.7 Å². The van der Waals surface area contributed by atoms with E-state index in [2.05, 4.69) is 20.4 Å². The molecule has 0 aliphatic rings. The van der Waals surface area contributed by atoms with Gasteiger partial charge in [-0.05, 0) is 25.1 Å². The number of carbonyl (C=O) groups is 1. The van der Waals surface area contributed by atoms with E-state index in [-0.39, 0.29) is 23.3 Å². The molecule has 0 atom stereocenters. The van der Waals surface area contributed by atoms with Crippen molar-refractivity contribution in [3.8, 4) is 5.88 Å². The zero-order valence-corrected chi connectivity index (χ0v) is 18.2. The first-order valence-corrected chi connectivity index (χ1v) is 10.2. The summed E-state index contributed by atoms with van der Waals surface area (Å²) in [5.41, 5.74) is 0.779. The van der Waals surface area contributed by atoms with E-state index in [1.54, 1.807) is 22.8 Å². The third-order valence-corrected chi connectivity index (χ3v) is 4.85. The highest BCUT2D eigenvalue weighted by atomic mass is 19.1. The molecule has 4 aromatic rings. The van der Waals surface area contributed by atoms with E-state index in [0.717, 1.165) is 6.20 Å². The zero-order chi connectivity index (χ0) is 23.0. The summed E-state index contributed by atoms with van der Waals surface area (Å²) >= 11 is 0. The zero-order valence-electron chi connectivity index (χ0n) is 18.2. The lowest BCUT2D eigenvalue weighted by molar-refractivity contribution is -0.116. The van der Waals surface area contributed by atoms with Crippen LogP contribution in [0.1, 0.15) is 33.4 Å². The van der Waals surface area contributed by atoms with E-state index in [4.69, 9.17) is 4.74 Å². The minimum Gasteiger partial charge on any atom is -0.478 e. The minimum atomic E-state index is -0.502. The molecule has 0 spiro atoms. The lowest BCUT2D eigenvalue weighted by Crippen LogP contribution is -2.25. The Kier molecular flexibility index (Phi) is 5.37. The van der Waals surface area contributed by atoms with Crippen LogP contribution in [0.5, 0.6) is 5.88 Å². The van der Waals surface area contributed by atoms with Crippen LogP contribution >= 0.6 is 0 Å². The predicted molar refractivity (Wildman–Crippen MR) is 117 cm³/mol. The van der Waals surface area contributed by atoms with Gasteiger partial charge in [-0.25, -0.2) is 9.37 Å². The van der Waals surface area contributed by atoms with Crippen molar-refractivity contribution in [2.45, 2.75) is 39.7 Å². The summed E-state index contributed by atoms with van der Waals surface area (Å²) in [6.07, 6.45) is 1.02. The molecular weight excluding hydrogens is 415 g/mol. The van der Waals surface area contributed by atoms with Gasteiger partial charge in [0, 0.05) is 17.5 Å². The first kappa shape index (κ1) is 21.4. The van der Waals surface area contributed by atoms with Crippen LogP contribution in [0.15, 0.2) is 41.3 Å². The molecule has 4 heterocycles. The van der Waals surface area contributed by atoms with Gasteiger partial charge in [0.05, 0.1) is 23.9 Å². The molecule has 0 unspecified atom stereocenters. The smallest absolute Gasteiger partial charge is 0.283 e. The summed E-state index contributed by atoms with van der Waals surface area (Å²) in [5.74, 6) is -0.367. The van der Waals surface area contributed by atoms with Crippen molar-refractivity contribution in [1.82, 2.24) is 24.1 Å². The second-order valence-corrected chi connectivity index (χ2v) is 8.30. The lowest BCUT2D eigenvalue weighted by atomic mass is 9.93. The standard InChI is InChI=1S/C22H23FN6O3/c1-5-32-18-9-7-14-20(26-18)28(12-17(30)25-16-8-6-13(23)11-24-16)19-10-15(22(2,3)4)27-29(19)21(14)31/h6-11H,5,12H2,1-4H3,(H,24,25,30). The Hall–Kier alpha value is -3.82. The highest BCUT2D eigenvalue weighted by molar-refractivity contribution is 5.91. The van der Waals surface area contributed by atoms with Gasteiger partial charge in [0.15, 0.2) is 5.65 Å². The fourth-order valence-corrected chi connectivity index (χ4v) is 3.27. The Balaban J connectivity index is 1.87. The number of nitrogens with zero attached hydrogens (tertiary/aromatic N) is 5. The molecule has 4 aromatic heterocycles. The number of fused-ring (bicyclic) bond motifs is 2. The van der Waals surface area contributed by atoms with Crippen LogP contribution in [0.3, 0.4) is 0 Å². The van der Waals surface area contributed by atoms with E-state index in [0.29, 0.717) is 34.9 Å².